The molecular formula is C34H38N6O8S2. The van der Waals surface area contributed by atoms with Gasteiger partial charge in [0, 0.05) is 16.5 Å². The van der Waals surface area contributed by atoms with Crippen molar-refractivity contribution in [1.29, 1.82) is 0 Å². The molecule has 5 rings (SSSR count). The van der Waals surface area contributed by atoms with Gasteiger partial charge in [0.1, 0.15) is 18.8 Å². The zero-order valence-electron chi connectivity index (χ0n) is 27.3. The van der Waals surface area contributed by atoms with Crippen molar-refractivity contribution < 1.29 is 36.0 Å². The molecule has 1 aliphatic heterocycles. The van der Waals surface area contributed by atoms with Gasteiger partial charge in [0.2, 0.25) is 17.7 Å². The van der Waals surface area contributed by atoms with Crippen molar-refractivity contribution in [2.45, 2.75) is 29.1 Å². The van der Waals surface area contributed by atoms with Crippen LogP contribution in [-0.4, -0.2) is 79.3 Å². The number of likely N-dealkylation sites (tertiary alicyclic amines) is 1. The lowest BCUT2D eigenvalue weighted by Crippen LogP contribution is -2.39. The van der Waals surface area contributed by atoms with E-state index in [0.29, 0.717) is 11.4 Å². The zero-order chi connectivity index (χ0) is 36.1. The lowest BCUT2D eigenvalue weighted by molar-refractivity contribution is -0.118. The fourth-order valence-corrected chi connectivity index (χ4v) is 8.72. The van der Waals surface area contributed by atoms with Crippen LogP contribution in [0, 0.1) is 0 Å². The molecule has 0 aromatic heterocycles. The third kappa shape index (κ3) is 7.98. The van der Waals surface area contributed by atoms with Gasteiger partial charge >= 0.3 is 0 Å². The number of sulfonamides is 2. The Morgan fingerprint density at radius 3 is 1.60 bits per heavy atom. The number of rotatable bonds is 14. The third-order valence-electron chi connectivity index (χ3n) is 8.20. The van der Waals surface area contributed by atoms with Crippen LogP contribution in [0.1, 0.15) is 19.3 Å². The lowest BCUT2D eigenvalue weighted by Gasteiger charge is -2.28. The molecule has 4 aromatic carbocycles. The number of carbonyl (C=O) groups excluding carboxylic acids is 3. The van der Waals surface area contributed by atoms with Gasteiger partial charge in [0.15, 0.2) is 0 Å². The summed E-state index contributed by atoms with van der Waals surface area (Å²) in [6.45, 7) is 0.458. The van der Waals surface area contributed by atoms with Crippen LogP contribution in [0.5, 0.6) is 5.75 Å². The molecule has 1 heterocycles. The Balaban J connectivity index is 1.52. The summed E-state index contributed by atoms with van der Waals surface area (Å²) in [5.74, 6) is -1.67. The number of ether oxygens (including phenoxy) is 1. The number of methoxy groups -OCH3 is 1. The van der Waals surface area contributed by atoms with Gasteiger partial charge in [-0.15, -0.1) is 0 Å². The van der Waals surface area contributed by atoms with Crippen molar-refractivity contribution in [2.75, 3.05) is 53.8 Å². The first-order valence-electron chi connectivity index (χ1n) is 15.7. The van der Waals surface area contributed by atoms with Gasteiger partial charge in [0.05, 0.1) is 34.8 Å². The number of nitrogens with zero attached hydrogens (tertiary/aromatic N) is 3. The van der Waals surface area contributed by atoms with Crippen molar-refractivity contribution >= 4 is 65.6 Å². The Hall–Kier alpha value is -5.19. The summed E-state index contributed by atoms with van der Waals surface area (Å²) in [5, 5.41) is 3.28. The molecule has 1 aliphatic rings. The minimum atomic E-state index is -4.44. The van der Waals surface area contributed by atoms with E-state index in [2.05, 4.69) is 10.2 Å². The van der Waals surface area contributed by atoms with Crippen LogP contribution in [0.3, 0.4) is 0 Å². The average Bonchev–Trinajstić information content (AvgIpc) is 3.09. The van der Waals surface area contributed by atoms with Crippen LogP contribution >= 0.6 is 0 Å². The summed E-state index contributed by atoms with van der Waals surface area (Å²) in [4.78, 5) is 38.8. The molecule has 0 spiro atoms. The first-order chi connectivity index (χ1) is 23.8. The van der Waals surface area contributed by atoms with Crippen molar-refractivity contribution in [2.24, 2.45) is 11.5 Å². The van der Waals surface area contributed by atoms with E-state index in [9.17, 15) is 31.2 Å². The maximum atomic E-state index is 14.1. The van der Waals surface area contributed by atoms with E-state index in [1.165, 1.54) is 67.8 Å². The molecule has 3 amide bonds. The van der Waals surface area contributed by atoms with Crippen LogP contribution in [0.15, 0.2) is 94.7 Å². The van der Waals surface area contributed by atoms with Crippen LogP contribution in [0.4, 0.5) is 17.1 Å². The molecule has 0 atom stereocenters. The fourth-order valence-electron chi connectivity index (χ4n) is 5.82. The van der Waals surface area contributed by atoms with E-state index in [0.717, 1.165) is 41.0 Å². The monoisotopic (exact) mass is 722 g/mol. The number of benzene rings is 4. The summed E-state index contributed by atoms with van der Waals surface area (Å²) in [6, 6.07) is 20.1. The Kier molecular flexibility index (Phi) is 10.9. The van der Waals surface area contributed by atoms with Gasteiger partial charge in [-0.1, -0.05) is 30.7 Å². The summed E-state index contributed by atoms with van der Waals surface area (Å²) in [6.07, 6.45) is 3.21. The molecule has 1 saturated heterocycles. The lowest BCUT2D eigenvalue weighted by atomic mass is 10.1. The van der Waals surface area contributed by atoms with E-state index in [4.69, 9.17) is 16.2 Å². The van der Waals surface area contributed by atoms with E-state index >= 15 is 0 Å². The largest absolute Gasteiger partial charge is 0.497 e. The molecule has 0 saturated carbocycles. The number of primary amides is 2. The molecule has 0 bridgehead atoms. The maximum Gasteiger partial charge on any atom is 0.264 e. The summed E-state index contributed by atoms with van der Waals surface area (Å²) in [7, 11) is -7.38. The Morgan fingerprint density at radius 2 is 1.16 bits per heavy atom. The molecule has 5 N–H and O–H groups in total. The predicted molar refractivity (Wildman–Crippen MR) is 190 cm³/mol. The van der Waals surface area contributed by atoms with E-state index in [1.54, 1.807) is 24.3 Å². The van der Waals surface area contributed by atoms with E-state index < -0.39 is 45.0 Å². The van der Waals surface area contributed by atoms with Crippen molar-refractivity contribution in [3.8, 4) is 5.75 Å². The number of anilines is 3. The second kappa shape index (κ2) is 15.1. The molecule has 0 radical (unpaired) electrons. The molecule has 0 aliphatic carbocycles. The van der Waals surface area contributed by atoms with Gasteiger partial charge < -0.3 is 21.5 Å². The van der Waals surface area contributed by atoms with Gasteiger partial charge in [-0.2, -0.15) is 0 Å². The SMILES string of the molecule is COc1ccc(S(=O)(=O)N(CC(N)=O)c2ccc(N(CC(N)=O)S(=O)(=O)c3ccc(NC(=O)CN4CCCCC4)cc3)c3ccccc23)cc1. The molecule has 4 aromatic rings. The standard InChI is InChI=1S/C34H38N6O8S2/c1-48-25-11-15-27(16-12-25)50(46,47)40(22-33(36)42)31-18-17-30(28-7-3-4-8-29(28)31)39(21-32(35)41)49(44,45)26-13-9-24(10-14-26)37-34(43)23-38-19-5-2-6-20-38/h3-4,7-18H,2,5-6,19-23H2,1H3,(H2,35,41)(H2,36,42)(H,37,43). The smallest absolute Gasteiger partial charge is 0.264 e. The molecule has 14 nitrogen and oxygen atoms in total. The second-order valence-electron chi connectivity index (χ2n) is 11.7. The second-order valence-corrected chi connectivity index (χ2v) is 15.4. The highest BCUT2D eigenvalue weighted by atomic mass is 32.2. The quantitative estimate of drug-likeness (QED) is 0.175. The van der Waals surface area contributed by atoms with Crippen molar-refractivity contribution in [1.82, 2.24) is 4.90 Å². The molecule has 1 fully saturated rings. The first kappa shape index (κ1) is 36.1. The zero-order valence-corrected chi connectivity index (χ0v) is 29.0. The van der Waals surface area contributed by atoms with Crippen LogP contribution in [0.25, 0.3) is 10.8 Å². The minimum Gasteiger partial charge on any atom is -0.497 e. The first-order valence-corrected chi connectivity index (χ1v) is 18.6. The number of piperidine rings is 1. The van der Waals surface area contributed by atoms with Gasteiger partial charge in [-0.05, 0) is 86.6 Å². The predicted octanol–water partition coefficient (Wildman–Crippen LogP) is 2.63. The number of fused-ring (bicyclic) bond motifs is 1. The number of nitrogens with one attached hydrogen (secondary N) is 1. The molecule has 50 heavy (non-hydrogen) atoms. The molecular weight excluding hydrogens is 685 g/mol. The number of hydrogen-bond donors (Lipinski definition) is 3. The Bertz CT molecular complexity index is 2100. The van der Waals surface area contributed by atoms with Crippen LogP contribution < -0.4 is 30.1 Å². The van der Waals surface area contributed by atoms with Gasteiger partial charge in [0.25, 0.3) is 20.0 Å². The highest BCUT2D eigenvalue weighted by molar-refractivity contribution is 7.93. The molecule has 0 unspecified atom stereocenters. The highest BCUT2D eigenvalue weighted by Gasteiger charge is 2.32. The normalized spacial score (nSPS) is 13.8. The van der Waals surface area contributed by atoms with Crippen molar-refractivity contribution in [3.05, 3.63) is 84.9 Å². The summed E-state index contributed by atoms with van der Waals surface area (Å²) in [5.41, 5.74) is 11.5. The number of carbonyl (C=O) groups is 3. The highest BCUT2D eigenvalue weighted by Crippen LogP contribution is 2.38. The number of amides is 3. The summed E-state index contributed by atoms with van der Waals surface area (Å²) < 4.78 is 62.8. The van der Waals surface area contributed by atoms with Crippen molar-refractivity contribution in [3.63, 3.8) is 0 Å². The van der Waals surface area contributed by atoms with Crippen LogP contribution in [0.2, 0.25) is 0 Å². The van der Waals surface area contributed by atoms with Crippen LogP contribution in [-0.2, 0) is 34.4 Å². The average molecular weight is 723 g/mol. The fraction of sp³-hybridized carbons (Fsp3) is 0.265. The van der Waals surface area contributed by atoms with Gasteiger partial charge in [-0.25, -0.2) is 16.8 Å². The molecule has 16 heteroatoms. The van der Waals surface area contributed by atoms with E-state index in [1.807, 2.05) is 0 Å². The maximum absolute atomic E-state index is 14.1. The topological polar surface area (TPSA) is 203 Å². The Morgan fingerprint density at radius 1 is 0.700 bits per heavy atom. The third-order valence-corrected chi connectivity index (χ3v) is 11.8. The minimum absolute atomic E-state index is 0.0305. The van der Waals surface area contributed by atoms with Gasteiger partial charge in [-0.3, -0.25) is 27.9 Å². The number of nitrogens with two attached hydrogens (primary N) is 2. The van der Waals surface area contributed by atoms with E-state index in [-0.39, 0.29) is 44.4 Å². The Labute approximate surface area is 290 Å². The summed E-state index contributed by atoms with van der Waals surface area (Å²) >= 11 is 0. The molecule has 264 valence electrons. The number of hydrogen-bond acceptors (Lipinski definition) is 9.